The number of benzene rings is 2. The summed E-state index contributed by atoms with van der Waals surface area (Å²) in [4.78, 5) is 29.4. The van der Waals surface area contributed by atoms with Crippen LogP contribution in [0.2, 0.25) is 0 Å². The standard InChI is InChI=1S/C16H12N4O3/c21-15(11-5-1-3-7-13(11)20(22)23)19-10-9-18-14-8-4-2-6-12(14)17-16(18)19/h1-8H,9-10H2. The second kappa shape index (κ2) is 4.91. The van der Waals surface area contributed by atoms with Gasteiger partial charge in [0.2, 0.25) is 5.95 Å². The summed E-state index contributed by atoms with van der Waals surface area (Å²) < 4.78 is 1.96. The maximum absolute atomic E-state index is 12.8. The summed E-state index contributed by atoms with van der Waals surface area (Å²) in [5.74, 6) is 0.140. The maximum Gasteiger partial charge on any atom is 0.282 e. The molecule has 0 spiro atoms. The van der Waals surface area contributed by atoms with Gasteiger partial charge in [0.05, 0.1) is 16.0 Å². The molecule has 1 aromatic heterocycles. The number of nitro benzene ring substituents is 1. The molecule has 0 N–H and O–H groups in total. The second-order valence-corrected chi connectivity index (χ2v) is 5.28. The van der Waals surface area contributed by atoms with Crippen LogP contribution in [0.4, 0.5) is 11.6 Å². The van der Waals surface area contributed by atoms with Gasteiger partial charge in [-0.3, -0.25) is 19.8 Å². The van der Waals surface area contributed by atoms with Crippen molar-refractivity contribution in [3.05, 3.63) is 64.2 Å². The zero-order valence-corrected chi connectivity index (χ0v) is 12.0. The van der Waals surface area contributed by atoms with Crippen molar-refractivity contribution in [2.24, 2.45) is 0 Å². The summed E-state index contributed by atoms with van der Waals surface area (Å²) >= 11 is 0. The Morgan fingerprint density at radius 1 is 1.09 bits per heavy atom. The fourth-order valence-electron chi connectivity index (χ4n) is 2.94. The fourth-order valence-corrected chi connectivity index (χ4v) is 2.94. The van der Waals surface area contributed by atoms with Crippen LogP contribution in [-0.2, 0) is 6.54 Å². The summed E-state index contributed by atoms with van der Waals surface area (Å²) in [7, 11) is 0. The van der Waals surface area contributed by atoms with Gasteiger partial charge in [-0.1, -0.05) is 24.3 Å². The van der Waals surface area contributed by atoms with E-state index in [9.17, 15) is 14.9 Å². The number of imidazole rings is 1. The van der Waals surface area contributed by atoms with Crippen LogP contribution < -0.4 is 4.90 Å². The van der Waals surface area contributed by atoms with E-state index >= 15 is 0 Å². The van der Waals surface area contributed by atoms with E-state index < -0.39 is 10.8 Å². The predicted molar refractivity (Wildman–Crippen MR) is 84.5 cm³/mol. The third-order valence-corrected chi connectivity index (χ3v) is 4.00. The molecule has 3 aromatic rings. The smallest absolute Gasteiger partial charge is 0.282 e. The van der Waals surface area contributed by atoms with E-state index in [1.807, 2.05) is 28.8 Å². The normalized spacial score (nSPS) is 13.3. The summed E-state index contributed by atoms with van der Waals surface area (Å²) in [6.07, 6.45) is 0. The van der Waals surface area contributed by atoms with E-state index in [-0.39, 0.29) is 11.3 Å². The van der Waals surface area contributed by atoms with Crippen molar-refractivity contribution >= 4 is 28.6 Å². The molecule has 2 aromatic carbocycles. The van der Waals surface area contributed by atoms with Crippen molar-refractivity contribution in [2.75, 3.05) is 11.4 Å². The molecule has 0 saturated carbocycles. The van der Waals surface area contributed by atoms with Crippen LogP contribution in [-0.4, -0.2) is 26.9 Å². The molecule has 0 aliphatic carbocycles. The minimum Gasteiger partial charge on any atom is -0.308 e. The molecular formula is C16H12N4O3. The van der Waals surface area contributed by atoms with Crippen molar-refractivity contribution in [3.8, 4) is 0 Å². The van der Waals surface area contributed by atoms with Crippen molar-refractivity contribution in [3.63, 3.8) is 0 Å². The van der Waals surface area contributed by atoms with E-state index in [1.165, 1.54) is 17.0 Å². The van der Waals surface area contributed by atoms with Crippen LogP contribution in [0.25, 0.3) is 11.0 Å². The van der Waals surface area contributed by atoms with E-state index in [1.54, 1.807) is 12.1 Å². The molecule has 0 fully saturated rings. The lowest BCUT2D eigenvalue weighted by Crippen LogP contribution is -2.30. The molecule has 1 aliphatic heterocycles. The average molecular weight is 308 g/mol. The molecule has 0 atom stereocenters. The Morgan fingerprint density at radius 2 is 1.83 bits per heavy atom. The molecule has 1 amide bonds. The summed E-state index contributed by atoms with van der Waals surface area (Å²) in [5, 5.41) is 11.1. The van der Waals surface area contributed by atoms with Crippen molar-refractivity contribution in [1.82, 2.24) is 9.55 Å². The predicted octanol–water partition coefficient (Wildman–Crippen LogP) is 2.60. The summed E-state index contributed by atoms with van der Waals surface area (Å²) in [6.45, 7) is 1.08. The molecule has 7 nitrogen and oxygen atoms in total. The molecule has 0 saturated heterocycles. The number of nitro groups is 1. The highest BCUT2D eigenvalue weighted by Crippen LogP contribution is 2.30. The maximum atomic E-state index is 12.8. The van der Waals surface area contributed by atoms with Gasteiger partial charge >= 0.3 is 0 Å². The van der Waals surface area contributed by atoms with Gasteiger partial charge in [0.1, 0.15) is 5.56 Å². The van der Waals surface area contributed by atoms with Crippen molar-refractivity contribution in [2.45, 2.75) is 6.54 Å². The number of aromatic nitrogens is 2. The highest BCUT2D eigenvalue weighted by molar-refractivity contribution is 6.08. The number of carbonyl (C=O) groups is 1. The molecular weight excluding hydrogens is 296 g/mol. The number of hydrogen-bond donors (Lipinski definition) is 0. The molecule has 114 valence electrons. The first-order chi connectivity index (χ1) is 11.2. The van der Waals surface area contributed by atoms with Crippen LogP contribution in [0.5, 0.6) is 0 Å². The van der Waals surface area contributed by atoms with Crippen LogP contribution >= 0.6 is 0 Å². The van der Waals surface area contributed by atoms with Gasteiger partial charge in [-0.15, -0.1) is 0 Å². The van der Waals surface area contributed by atoms with Gasteiger partial charge in [0.25, 0.3) is 11.6 Å². The quantitative estimate of drug-likeness (QED) is 0.538. The van der Waals surface area contributed by atoms with Crippen LogP contribution in [0.1, 0.15) is 10.4 Å². The molecule has 0 unspecified atom stereocenters. The second-order valence-electron chi connectivity index (χ2n) is 5.28. The minimum absolute atomic E-state index is 0.0815. The number of anilines is 1. The Kier molecular flexibility index (Phi) is 2.87. The van der Waals surface area contributed by atoms with Crippen LogP contribution in [0, 0.1) is 10.1 Å². The van der Waals surface area contributed by atoms with Crippen molar-refractivity contribution in [1.29, 1.82) is 0 Å². The SMILES string of the molecule is O=C(c1ccccc1[N+](=O)[O-])N1CCn2c1nc1ccccc12. The van der Waals surface area contributed by atoms with Gasteiger partial charge in [0, 0.05) is 19.2 Å². The number of fused-ring (bicyclic) bond motifs is 3. The monoisotopic (exact) mass is 308 g/mol. The van der Waals surface area contributed by atoms with E-state index in [2.05, 4.69) is 4.98 Å². The molecule has 7 heteroatoms. The Bertz CT molecular complexity index is 947. The topological polar surface area (TPSA) is 81.3 Å². The van der Waals surface area contributed by atoms with Crippen LogP contribution in [0.3, 0.4) is 0 Å². The number of hydrogen-bond acceptors (Lipinski definition) is 4. The number of rotatable bonds is 2. The number of nitrogens with zero attached hydrogens (tertiary/aromatic N) is 4. The minimum atomic E-state index is -0.535. The van der Waals surface area contributed by atoms with Crippen molar-refractivity contribution < 1.29 is 9.72 Å². The average Bonchev–Trinajstić information content (AvgIpc) is 3.13. The van der Waals surface area contributed by atoms with E-state index in [4.69, 9.17) is 0 Å². The third-order valence-electron chi connectivity index (χ3n) is 4.00. The molecule has 0 bridgehead atoms. The van der Waals surface area contributed by atoms with Gasteiger partial charge in [-0.05, 0) is 18.2 Å². The molecule has 4 rings (SSSR count). The number of amides is 1. The first-order valence-electron chi connectivity index (χ1n) is 7.17. The highest BCUT2D eigenvalue weighted by Gasteiger charge is 2.32. The molecule has 23 heavy (non-hydrogen) atoms. The molecule has 0 radical (unpaired) electrons. The number of para-hydroxylation sites is 3. The van der Waals surface area contributed by atoms with E-state index in [0.29, 0.717) is 19.0 Å². The largest absolute Gasteiger partial charge is 0.308 e. The zero-order chi connectivity index (χ0) is 16.0. The summed E-state index contributed by atoms with van der Waals surface area (Å²) in [5.41, 5.74) is 1.66. The Morgan fingerprint density at radius 3 is 2.65 bits per heavy atom. The summed E-state index contributed by atoms with van der Waals surface area (Å²) in [6, 6.07) is 13.6. The fraction of sp³-hybridized carbons (Fsp3) is 0.125. The Labute approximate surface area is 130 Å². The zero-order valence-electron chi connectivity index (χ0n) is 12.0. The molecule has 2 heterocycles. The third kappa shape index (κ3) is 1.97. The van der Waals surface area contributed by atoms with E-state index in [0.717, 1.165) is 11.0 Å². The Hall–Kier alpha value is -3.22. The lowest BCUT2D eigenvalue weighted by atomic mass is 10.1. The highest BCUT2D eigenvalue weighted by atomic mass is 16.6. The number of carbonyl (C=O) groups excluding carboxylic acids is 1. The first kappa shape index (κ1) is 13.4. The lowest BCUT2D eigenvalue weighted by molar-refractivity contribution is -0.385. The van der Waals surface area contributed by atoms with Gasteiger partial charge in [-0.25, -0.2) is 4.98 Å². The van der Waals surface area contributed by atoms with Gasteiger partial charge in [0.15, 0.2) is 0 Å². The molecule has 1 aliphatic rings. The van der Waals surface area contributed by atoms with Crippen LogP contribution in [0.15, 0.2) is 48.5 Å². The lowest BCUT2D eigenvalue weighted by Gasteiger charge is -2.13. The Balaban J connectivity index is 1.80. The van der Waals surface area contributed by atoms with Gasteiger partial charge in [-0.2, -0.15) is 0 Å². The first-order valence-corrected chi connectivity index (χ1v) is 7.17. The van der Waals surface area contributed by atoms with Gasteiger partial charge < -0.3 is 4.57 Å².